The first-order valence-corrected chi connectivity index (χ1v) is 10.5. The number of aromatic amines is 1. The Morgan fingerprint density at radius 1 is 1.52 bits per heavy atom. The zero-order valence-corrected chi connectivity index (χ0v) is 17.0. The number of alkyl halides is 1. The SMILES string of the molecule is [2H]C([2H])(OP1(=O)OCc2cc(Cl)ccc2O1)[C@]1(F)C[C@@H](O)[C@H](n2cc(C=O)c(=O)[nH]c2=O)O1. The van der Waals surface area contributed by atoms with E-state index in [0.29, 0.717) is 15.2 Å². The molecule has 1 aromatic heterocycles. The number of hydrogen-bond donors (Lipinski definition) is 2. The molecule has 3 heterocycles. The minimum Gasteiger partial charge on any atom is -0.404 e. The van der Waals surface area contributed by atoms with E-state index in [2.05, 4.69) is 0 Å². The Morgan fingerprint density at radius 2 is 2.29 bits per heavy atom. The summed E-state index contributed by atoms with van der Waals surface area (Å²) in [7, 11) is -4.70. The molecule has 1 fully saturated rings. The van der Waals surface area contributed by atoms with Gasteiger partial charge in [0.1, 0.15) is 18.4 Å². The van der Waals surface area contributed by atoms with Gasteiger partial charge in [-0.3, -0.25) is 28.2 Å². The van der Waals surface area contributed by atoms with Crippen LogP contribution in [0.15, 0.2) is 34.0 Å². The fourth-order valence-electron chi connectivity index (χ4n) is 2.98. The summed E-state index contributed by atoms with van der Waals surface area (Å²) in [6, 6.07) is 4.22. The smallest absolute Gasteiger partial charge is 0.404 e. The molecule has 4 atom stereocenters. The minimum atomic E-state index is -4.70. The molecule has 0 spiro atoms. The van der Waals surface area contributed by atoms with E-state index < -0.39 is 55.8 Å². The number of hydrogen-bond acceptors (Lipinski definition) is 9. The second kappa shape index (κ2) is 7.97. The average molecular weight is 479 g/mol. The van der Waals surface area contributed by atoms with Gasteiger partial charge in [-0.25, -0.2) is 13.8 Å². The summed E-state index contributed by atoms with van der Waals surface area (Å²) in [5.41, 5.74) is -2.30. The molecule has 0 aliphatic carbocycles. The molecule has 11 nitrogen and oxygen atoms in total. The molecule has 2 aromatic rings. The van der Waals surface area contributed by atoms with E-state index in [1.54, 1.807) is 4.98 Å². The monoisotopic (exact) mass is 478 g/mol. The third kappa shape index (κ3) is 4.36. The summed E-state index contributed by atoms with van der Waals surface area (Å²) in [5, 5.41) is 10.6. The van der Waals surface area contributed by atoms with Crippen LogP contribution in [0.25, 0.3) is 0 Å². The summed E-state index contributed by atoms with van der Waals surface area (Å²) in [6.45, 7) is -3.85. The van der Waals surface area contributed by atoms with Crippen LogP contribution in [0.1, 0.15) is 31.3 Å². The highest BCUT2D eigenvalue weighted by Crippen LogP contribution is 2.55. The van der Waals surface area contributed by atoms with Crippen LogP contribution in [-0.4, -0.2) is 39.5 Å². The Bertz CT molecular complexity index is 1290. The van der Waals surface area contributed by atoms with Gasteiger partial charge in [0.05, 0.1) is 14.9 Å². The zero-order valence-electron chi connectivity index (χ0n) is 17.3. The van der Waals surface area contributed by atoms with Crippen molar-refractivity contribution < 1.29 is 39.9 Å². The lowest BCUT2D eigenvalue weighted by atomic mass is 10.2. The van der Waals surface area contributed by atoms with Crippen LogP contribution >= 0.6 is 19.4 Å². The van der Waals surface area contributed by atoms with E-state index in [0.717, 1.165) is 6.20 Å². The highest BCUT2D eigenvalue weighted by molar-refractivity contribution is 7.49. The molecule has 166 valence electrons. The van der Waals surface area contributed by atoms with E-state index in [4.69, 9.17) is 32.7 Å². The van der Waals surface area contributed by atoms with Crippen LogP contribution in [0.3, 0.4) is 0 Å². The molecule has 0 saturated carbocycles. The van der Waals surface area contributed by atoms with Crippen LogP contribution in [0.5, 0.6) is 5.75 Å². The summed E-state index contributed by atoms with van der Waals surface area (Å²) in [5.74, 6) is -3.43. The maximum absolute atomic E-state index is 15.6. The standard InChI is InChI=1S/C17H15ClFN2O9P/c18-11-1-2-13-9(3-11)7-27-31(26,30-13)28-8-17(19)4-12(23)15(29-17)21-5-10(6-22)14(24)20-16(21)25/h1-3,5-6,12,15,23H,4,7-8H2,(H,20,24,25)/t12-,15-,17+,31?/m1/s1/i8D2. The number of ether oxygens (including phenoxy) is 1. The maximum Gasteiger partial charge on any atom is 0.530 e. The van der Waals surface area contributed by atoms with Gasteiger partial charge >= 0.3 is 13.5 Å². The van der Waals surface area contributed by atoms with Crippen molar-refractivity contribution in [3.05, 3.63) is 61.4 Å². The molecule has 14 heteroatoms. The quantitative estimate of drug-likeness (QED) is 0.484. The number of fused-ring (bicyclic) bond motifs is 1. The number of carbonyl (C=O) groups excluding carboxylic acids is 1. The molecule has 1 aromatic carbocycles. The molecule has 4 rings (SSSR count). The van der Waals surface area contributed by atoms with Gasteiger partial charge < -0.3 is 14.4 Å². The molecule has 31 heavy (non-hydrogen) atoms. The number of rotatable bonds is 5. The lowest BCUT2D eigenvalue weighted by Gasteiger charge is -2.27. The van der Waals surface area contributed by atoms with Crippen LogP contribution < -0.4 is 15.8 Å². The number of H-pyrrole nitrogens is 1. The largest absolute Gasteiger partial charge is 0.530 e. The minimum absolute atomic E-state index is 0.0177. The predicted octanol–water partition coefficient (Wildman–Crippen LogP) is 1.68. The highest BCUT2D eigenvalue weighted by atomic mass is 35.5. The van der Waals surface area contributed by atoms with Gasteiger partial charge in [-0.2, -0.15) is 0 Å². The Balaban J connectivity index is 1.59. The van der Waals surface area contributed by atoms with E-state index in [1.807, 2.05) is 0 Å². The van der Waals surface area contributed by atoms with Crippen LogP contribution in [0.2, 0.25) is 5.02 Å². The molecule has 2 aliphatic heterocycles. The van der Waals surface area contributed by atoms with E-state index in [-0.39, 0.29) is 18.6 Å². The van der Waals surface area contributed by atoms with Gasteiger partial charge in [0.25, 0.3) is 5.56 Å². The summed E-state index contributed by atoms with van der Waals surface area (Å²) < 4.78 is 64.7. The Morgan fingerprint density at radius 3 is 3.03 bits per heavy atom. The molecule has 0 radical (unpaired) electrons. The third-order valence-corrected chi connectivity index (χ3v) is 5.84. The van der Waals surface area contributed by atoms with Gasteiger partial charge in [-0.15, -0.1) is 0 Å². The number of phosphoric acid groups is 1. The van der Waals surface area contributed by atoms with E-state index in [1.165, 1.54) is 18.2 Å². The maximum atomic E-state index is 15.6. The van der Waals surface area contributed by atoms with Gasteiger partial charge in [-0.05, 0) is 18.2 Å². The number of nitrogens with one attached hydrogen (secondary N) is 1. The van der Waals surface area contributed by atoms with Crippen molar-refractivity contribution in [3.8, 4) is 5.75 Å². The fraction of sp³-hybridized carbons (Fsp3) is 0.353. The Hall–Kier alpha value is -2.34. The first kappa shape index (κ1) is 19.4. The van der Waals surface area contributed by atoms with Crippen molar-refractivity contribution in [2.75, 3.05) is 6.56 Å². The number of benzene rings is 1. The first-order chi connectivity index (χ1) is 15.4. The van der Waals surface area contributed by atoms with Crippen molar-refractivity contribution in [2.45, 2.75) is 31.2 Å². The number of aliphatic hydroxyl groups excluding tert-OH is 1. The normalized spacial score (nSPS) is 31.3. The second-order valence-electron chi connectivity index (χ2n) is 6.63. The zero-order chi connectivity index (χ0) is 24.2. The van der Waals surface area contributed by atoms with Crippen molar-refractivity contribution in [3.63, 3.8) is 0 Å². The molecule has 0 amide bonds. The number of halogens is 2. The third-order valence-electron chi connectivity index (χ3n) is 4.43. The molecule has 1 saturated heterocycles. The van der Waals surface area contributed by atoms with Gasteiger partial charge in [0.2, 0.25) is 5.85 Å². The van der Waals surface area contributed by atoms with Crippen molar-refractivity contribution in [1.29, 1.82) is 0 Å². The highest BCUT2D eigenvalue weighted by Gasteiger charge is 2.50. The average Bonchev–Trinajstić information content (AvgIpc) is 3.04. The fourth-order valence-corrected chi connectivity index (χ4v) is 4.29. The van der Waals surface area contributed by atoms with E-state index in [9.17, 15) is 24.1 Å². The molecule has 2 N–H and O–H groups in total. The number of phosphoric ester groups is 1. The number of aliphatic hydroxyl groups is 1. The molecule has 2 aliphatic rings. The number of carbonyl (C=O) groups is 1. The predicted molar refractivity (Wildman–Crippen MR) is 102 cm³/mol. The Labute approximate surface area is 180 Å². The topological polar surface area (TPSA) is 146 Å². The molecule has 1 unspecified atom stereocenters. The van der Waals surface area contributed by atoms with Crippen LogP contribution in [0.4, 0.5) is 4.39 Å². The van der Waals surface area contributed by atoms with Crippen molar-refractivity contribution >= 4 is 25.7 Å². The summed E-state index contributed by atoms with van der Waals surface area (Å²) in [6.07, 6.45) is -3.90. The summed E-state index contributed by atoms with van der Waals surface area (Å²) in [4.78, 5) is 36.4. The Kier molecular flexibility index (Phi) is 4.98. The summed E-state index contributed by atoms with van der Waals surface area (Å²) >= 11 is 5.85. The van der Waals surface area contributed by atoms with Crippen molar-refractivity contribution in [2.24, 2.45) is 0 Å². The van der Waals surface area contributed by atoms with E-state index >= 15 is 4.39 Å². The lowest BCUT2D eigenvalue weighted by Crippen LogP contribution is -2.37. The first-order valence-electron chi connectivity index (χ1n) is 9.65. The van der Waals surface area contributed by atoms with Gasteiger partial charge in [0.15, 0.2) is 12.5 Å². The van der Waals surface area contributed by atoms with Crippen LogP contribution in [-0.2, 0) is 25.0 Å². The lowest BCUT2D eigenvalue weighted by molar-refractivity contribution is -0.179. The molecular formula is C17H15ClFN2O9P. The van der Waals surface area contributed by atoms with Gasteiger partial charge in [0, 0.05) is 23.2 Å². The number of aldehydes is 1. The molecular weight excluding hydrogens is 462 g/mol. The van der Waals surface area contributed by atoms with Gasteiger partial charge in [-0.1, -0.05) is 11.6 Å². The second-order valence-corrected chi connectivity index (χ2v) is 8.59. The van der Waals surface area contributed by atoms with Crippen molar-refractivity contribution in [1.82, 2.24) is 9.55 Å². The van der Waals surface area contributed by atoms with Crippen LogP contribution in [0, 0.1) is 0 Å². The molecule has 0 bridgehead atoms. The number of aromatic nitrogens is 2. The number of nitrogens with zero attached hydrogens (tertiary/aromatic N) is 1.